The molecule has 0 aromatic carbocycles. The SMILES string of the molecule is CC(C)CC(CN(C)C)NC1CCC12CCCCC2. The molecule has 0 saturated heterocycles. The third-order valence-electron chi connectivity index (χ3n) is 5.30. The van der Waals surface area contributed by atoms with Crippen LogP contribution in [0, 0.1) is 11.3 Å². The lowest BCUT2D eigenvalue weighted by Gasteiger charge is -2.54. The highest BCUT2D eigenvalue weighted by Gasteiger charge is 2.47. The Kier molecular flexibility index (Phi) is 5.30. The van der Waals surface area contributed by atoms with Crippen molar-refractivity contribution in [2.75, 3.05) is 20.6 Å². The number of likely N-dealkylation sites (N-methyl/N-ethyl adjacent to an activating group) is 1. The molecule has 0 aromatic heterocycles. The Bertz CT molecular complexity index is 256. The van der Waals surface area contributed by atoms with Crippen LogP contribution in [-0.2, 0) is 0 Å². The monoisotopic (exact) mass is 266 g/mol. The first-order valence-electron chi connectivity index (χ1n) is 8.43. The summed E-state index contributed by atoms with van der Waals surface area (Å²) in [5.74, 6) is 0.792. The molecule has 2 unspecified atom stereocenters. The molecule has 0 aromatic rings. The second-order valence-electron chi connectivity index (χ2n) is 7.77. The zero-order valence-electron chi connectivity index (χ0n) is 13.5. The molecular weight excluding hydrogens is 232 g/mol. The fourth-order valence-electron chi connectivity index (χ4n) is 4.30. The van der Waals surface area contributed by atoms with E-state index < -0.39 is 0 Å². The summed E-state index contributed by atoms with van der Waals surface area (Å²) < 4.78 is 0. The molecule has 2 aliphatic carbocycles. The molecule has 2 fully saturated rings. The fourth-order valence-corrected chi connectivity index (χ4v) is 4.30. The van der Waals surface area contributed by atoms with E-state index in [2.05, 4.69) is 38.2 Å². The molecule has 0 amide bonds. The zero-order chi connectivity index (χ0) is 13.9. The molecule has 0 aliphatic heterocycles. The predicted molar refractivity (Wildman–Crippen MR) is 83.5 cm³/mol. The summed E-state index contributed by atoms with van der Waals surface area (Å²) in [6.07, 6.45) is 11.6. The second kappa shape index (κ2) is 6.58. The predicted octanol–water partition coefficient (Wildman–Crippen LogP) is 3.67. The lowest BCUT2D eigenvalue weighted by Crippen LogP contribution is -2.58. The molecule has 0 heterocycles. The number of nitrogens with zero attached hydrogens (tertiary/aromatic N) is 1. The van der Waals surface area contributed by atoms with Crippen LogP contribution in [0.2, 0.25) is 0 Å². The fraction of sp³-hybridized carbons (Fsp3) is 1.00. The highest BCUT2D eigenvalue weighted by Crippen LogP contribution is 2.51. The highest BCUT2D eigenvalue weighted by atomic mass is 15.1. The van der Waals surface area contributed by atoms with Gasteiger partial charge in [0.1, 0.15) is 0 Å². The largest absolute Gasteiger partial charge is 0.309 e. The lowest BCUT2D eigenvalue weighted by molar-refractivity contribution is 0.0130. The van der Waals surface area contributed by atoms with E-state index in [1.165, 1.54) is 57.9 Å². The van der Waals surface area contributed by atoms with Gasteiger partial charge in [0.25, 0.3) is 0 Å². The van der Waals surface area contributed by atoms with Crippen LogP contribution in [0.25, 0.3) is 0 Å². The molecule has 0 bridgehead atoms. The quantitative estimate of drug-likeness (QED) is 0.789. The smallest absolute Gasteiger partial charge is 0.0200 e. The van der Waals surface area contributed by atoms with E-state index >= 15 is 0 Å². The van der Waals surface area contributed by atoms with Crippen LogP contribution in [0.3, 0.4) is 0 Å². The van der Waals surface area contributed by atoms with Crippen molar-refractivity contribution in [3.8, 4) is 0 Å². The van der Waals surface area contributed by atoms with Crippen LogP contribution in [0.5, 0.6) is 0 Å². The Hall–Kier alpha value is -0.0800. The minimum absolute atomic E-state index is 0.680. The maximum atomic E-state index is 4.04. The van der Waals surface area contributed by atoms with Crippen LogP contribution in [0.15, 0.2) is 0 Å². The van der Waals surface area contributed by atoms with Crippen LogP contribution in [0.4, 0.5) is 0 Å². The van der Waals surface area contributed by atoms with Crippen LogP contribution in [0.1, 0.15) is 65.2 Å². The van der Waals surface area contributed by atoms with E-state index in [0.717, 1.165) is 12.0 Å². The van der Waals surface area contributed by atoms with Gasteiger partial charge in [-0.05, 0) is 57.5 Å². The summed E-state index contributed by atoms with van der Waals surface area (Å²) in [5, 5.41) is 4.04. The van der Waals surface area contributed by atoms with Crippen molar-refractivity contribution in [2.24, 2.45) is 11.3 Å². The van der Waals surface area contributed by atoms with Gasteiger partial charge < -0.3 is 10.2 Å². The first-order chi connectivity index (χ1) is 9.02. The molecule has 2 rings (SSSR count). The molecule has 2 atom stereocenters. The van der Waals surface area contributed by atoms with Crippen molar-refractivity contribution in [1.29, 1.82) is 0 Å². The molecular formula is C17H34N2. The van der Waals surface area contributed by atoms with Crippen molar-refractivity contribution < 1.29 is 0 Å². The van der Waals surface area contributed by atoms with Gasteiger partial charge in [-0.1, -0.05) is 33.1 Å². The second-order valence-corrected chi connectivity index (χ2v) is 7.77. The van der Waals surface area contributed by atoms with E-state index in [9.17, 15) is 0 Å². The number of rotatable bonds is 6. The van der Waals surface area contributed by atoms with Gasteiger partial charge in [-0.3, -0.25) is 0 Å². The van der Waals surface area contributed by atoms with Gasteiger partial charge in [0.15, 0.2) is 0 Å². The van der Waals surface area contributed by atoms with E-state index in [1.54, 1.807) is 0 Å². The van der Waals surface area contributed by atoms with Crippen LogP contribution < -0.4 is 5.32 Å². The van der Waals surface area contributed by atoms with Gasteiger partial charge in [-0.2, -0.15) is 0 Å². The van der Waals surface area contributed by atoms with E-state index in [0.29, 0.717) is 11.5 Å². The Morgan fingerprint density at radius 1 is 1.11 bits per heavy atom. The molecule has 1 spiro atoms. The molecule has 0 radical (unpaired) electrons. The summed E-state index contributed by atoms with van der Waals surface area (Å²) >= 11 is 0. The van der Waals surface area contributed by atoms with Gasteiger partial charge in [0.2, 0.25) is 0 Å². The van der Waals surface area contributed by atoms with Crippen molar-refractivity contribution >= 4 is 0 Å². The van der Waals surface area contributed by atoms with Crippen molar-refractivity contribution in [1.82, 2.24) is 10.2 Å². The minimum Gasteiger partial charge on any atom is -0.309 e. The van der Waals surface area contributed by atoms with Gasteiger partial charge in [0.05, 0.1) is 0 Å². The van der Waals surface area contributed by atoms with Crippen molar-refractivity contribution in [3.63, 3.8) is 0 Å². The van der Waals surface area contributed by atoms with Crippen LogP contribution >= 0.6 is 0 Å². The molecule has 2 saturated carbocycles. The first kappa shape index (κ1) is 15.3. The maximum absolute atomic E-state index is 4.04. The first-order valence-corrected chi connectivity index (χ1v) is 8.43. The van der Waals surface area contributed by atoms with Gasteiger partial charge in [0, 0.05) is 18.6 Å². The van der Waals surface area contributed by atoms with Crippen LogP contribution in [-0.4, -0.2) is 37.6 Å². The standard InChI is InChI=1S/C17H34N2/c1-14(2)12-15(13-19(3)4)18-16-8-11-17(16)9-6-5-7-10-17/h14-16,18H,5-13H2,1-4H3. The molecule has 19 heavy (non-hydrogen) atoms. The highest BCUT2D eigenvalue weighted by molar-refractivity contribution is 5.02. The lowest BCUT2D eigenvalue weighted by atomic mass is 9.57. The topological polar surface area (TPSA) is 15.3 Å². The number of hydrogen-bond donors (Lipinski definition) is 1. The summed E-state index contributed by atoms with van der Waals surface area (Å²) in [7, 11) is 4.40. The van der Waals surface area contributed by atoms with E-state index in [4.69, 9.17) is 0 Å². The van der Waals surface area contributed by atoms with E-state index in [1.807, 2.05) is 0 Å². The van der Waals surface area contributed by atoms with Gasteiger partial charge in [-0.15, -0.1) is 0 Å². The Balaban J connectivity index is 1.89. The molecule has 2 heteroatoms. The Morgan fingerprint density at radius 2 is 1.79 bits per heavy atom. The van der Waals surface area contributed by atoms with Gasteiger partial charge >= 0.3 is 0 Å². The average Bonchev–Trinajstić information content (AvgIpc) is 2.34. The van der Waals surface area contributed by atoms with Gasteiger partial charge in [-0.25, -0.2) is 0 Å². The minimum atomic E-state index is 0.680. The number of hydrogen-bond acceptors (Lipinski definition) is 2. The zero-order valence-corrected chi connectivity index (χ0v) is 13.5. The van der Waals surface area contributed by atoms with E-state index in [-0.39, 0.29) is 0 Å². The average molecular weight is 266 g/mol. The Morgan fingerprint density at radius 3 is 2.26 bits per heavy atom. The Labute approximate surface area is 120 Å². The summed E-state index contributed by atoms with van der Waals surface area (Å²) in [5.41, 5.74) is 0.694. The summed E-state index contributed by atoms with van der Waals surface area (Å²) in [6, 6.07) is 1.50. The normalized spacial score (nSPS) is 27.8. The molecule has 1 N–H and O–H groups in total. The maximum Gasteiger partial charge on any atom is 0.0200 e. The number of nitrogens with one attached hydrogen (secondary N) is 1. The summed E-state index contributed by atoms with van der Waals surface area (Å²) in [4.78, 5) is 2.34. The van der Waals surface area contributed by atoms with Crippen molar-refractivity contribution in [2.45, 2.75) is 77.3 Å². The molecule has 2 nitrogen and oxygen atoms in total. The molecule has 112 valence electrons. The van der Waals surface area contributed by atoms with Crippen molar-refractivity contribution in [3.05, 3.63) is 0 Å². The third kappa shape index (κ3) is 3.95. The summed E-state index contributed by atoms with van der Waals surface area (Å²) in [6.45, 7) is 5.88. The molecule has 2 aliphatic rings. The third-order valence-corrected chi connectivity index (χ3v) is 5.30.